The Hall–Kier alpha value is -2.54. The van der Waals surface area contributed by atoms with Crippen molar-refractivity contribution < 1.29 is 9.53 Å². The molecule has 1 N–H and O–H groups in total. The Balaban J connectivity index is 1.76. The van der Waals surface area contributed by atoms with Crippen molar-refractivity contribution in [3.8, 4) is 5.75 Å². The smallest absolute Gasteiger partial charge is 0.259 e. The van der Waals surface area contributed by atoms with Crippen LogP contribution in [-0.4, -0.2) is 59.4 Å². The van der Waals surface area contributed by atoms with Crippen LogP contribution in [0, 0.1) is 6.92 Å². The van der Waals surface area contributed by atoms with E-state index in [9.17, 15) is 4.79 Å². The van der Waals surface area contributed by atoms with Crippen molar-refractivity contribution in [3.05, 3.63) is 35.7 Å². The van der Waals surface area contributed by atoms with Crippen LogP contribution in [0.2, 0.25) is 0 Å². The van der Waals surface area contributed by atoms with E-state index in [1.54, 1.807) is 10.9 Å². The first-order chi connectivity index (χ1) is 13.4. The van der Waals surface area contributed by atoms with Crippen LogP contribution in [0.25, 0.3) is 0 Å². The molecule has 1 fully saturated rings. The van der Waals surface area contributed by atoms with E-state index in [1.165, 1.54) is 0 Å². The normalized spacial score (nSPS) is 15.1. The Morgan fingerprint density at radius 3 is 2.54 bits per heavy atom. The van der Waals surface area contributed by atoms with Gasteiger partial charge in [0.15, 0.2) is 0 Å². The molecule has 1 aromatic heterocycles. The molecule has 1 aliphatic heterocycles. The van der Waals surface area contributed by atoms with Crippen LogP contribution in [0.15, 0.2) is 24.4 Å². The number of amides is 1. The number of nitrogens with one attached hydrogen (secondary N) is 1. The first-order valence-electron chi connectivity index (χ1n) is 9.96. The molecule has 1 aliphatic rings. The van der Waals surface area contributed by atoms with Gasteiger partial charge in [0.2, 0.25) is 0 Å². The highest BCUT2D eigenvalue weighted by Crippen LogP contribution is 2.31. The predicted molar refractivity (Wildman–Crippen MR) is 112 cm³/mol. The number of piperazine rings is 1. The second-order valence-corrected chi connectivity index (χ2v) is 7.49. The maximum absolute atomic E-state index is 12.7. The average molecular weight is 386 g/mol. The van der Waals surface area contributed by atoms with Crippen molar-refractivity contribution in [2.75, 3.05) is 43.0 Å². The molecule has 1 amide bonds. The fourth-order valence-corrected chi connectivity index (χ4v) is 3.59. The number of aryl methyl sites for hydroxylation is 2. The van der Waals surface area contributed by atoms with Gasteiger partial charge in [-0.25, -0.2) is 0 Å². The highest BCUT2D eigenvalue weighted by molar-refractivity contribution is 6.05. The molecule has 0 radical (unpaired) electrons. The lowest BCUT2D eigenvalue weighted by atomic mass is 10.2. The number of carbonyl (C=O) groups is 1. The minimum Gasteiger partial charge on any atom is -0.492 e. The number of carbonyl (C=O) groups excluding carboxylic acids is 1. The van der Waals surface area contributed by atoms with Gasteiger partial charge in [0.05, 0.1) is 23.6 Å². The lowest BCUT2D eigenvalue weighted by Crippen LogP contribution is -2.48. The summed E-state index contributed by atoms with van der Waals surface area (Å²) in [4.78, 5) is 17.5. The van der Waals surface area contributed by atoms with Gasteiger partial charge in [-0.2, -0.15) is 5.10 Å². The van der Waals surface area contributed by atoms with E-state index in [0.717, 1.165) is 31.9 Å². The predicted octanol–water partition coefficient (Wildman–Crippen LogP) is 2.91. The number of rotatable bonds is 6. The van der Waals surface area contributed by atoms with Gasteiger partial charge >= 0.3 is 0 Å². The number of anilines is 2. The summed E-state index contributed by atoms with van der Waals surface area (Å²) in [5.74, 6) is 0.519. The Kier molecular flexibility index (Phi) is 6.24. The topological polar surface area (TPSA) is 62.6 Å². The van der Waals surface area contributed by atoms with Crippen LogP contribution >= 0.6 is 0 Å². The summed E-state index contributed by atoms with van der Waals surface area (Å²) < 4.78 is 7.47. The third-order valence-electron chi connectivity index (χ3n) is 5.18. The van der Waals surface area contributed by atoms with Crippen LogP contribution in [-0.2, 0) is 7.05 Å². The van der Waals surface area contributed by atoms with Crippen molar-refractivity contribution >= 4 is 17.3 Å². The Morgan fingerprint density at radius 2 is 1.96 bits per heavy atom. The van der Waals surface area contributed by atoms with Crippen LogP contribution in [0.3, 0.4) is 0 Å². The molecular weight excluding hydrogens is 354 g/mol. The summed E-state index contributed by atoms with van der Waals surface area (Å²) in [7, 11) is 1.81. The average Bonchev–Trinajstić information content (AvgIpc) is 3.01. The highest BCUT2D eigenvalue weighted by atomic mass is 16.5. The molecule has 0 bridgehead atoms. The Labute approximate surface area is 167 Å². The lowest BCUT2D eigenvalue weighted by Gasteiger charge is -2.38. The minimum atomic E-state index is -0.176. The maximum Gasteiger partial charge on any atom is 0.259 e. The molecule has 28 heavy (non-hydrogen) atoms. The van der Waals surface area contributed by atoms with E-state index < -0.39 is 0 Å². The van der Waals surface area contributed by atoms with E-state index in [1.807, 2.05) is 33.0 Å². The van der Waals surface area contributed by atoms with Crippen molar-refractivity contribution in [3.63, 3.8) is 0 Å². The third-order valence-corrected chi connectivity index (χ3v) is 5.18. The van der Waals surface area contributed by atoms with Gasteiger partial charge in [-0.3, -0.25) is 14.4 Å². The summed E-state index contributed by atoms with van der Waals surface area (Å²) in [5.41, 5.74) is 3.08. The summed E-state index contributed by atoms with van der Waals surface area (Å²) in [6, 6.07) is 6.59. The number of benzene rings is 1. The number of hydrogen-bond donors (Lipinski definition) is 1. The lowest BCUT2D eigenvalue weighted by molar-refractivity contribution is 0.102. The van der Waals surface area contributed by atoms with Gasteiger partial charge in [0, 0.05) is 57.2 Å². The van der Waals surface area contributed by atoms with Gasteiger partial charge in [-0.15, -0.1) is 0 Å². The highest BCUT2D eigenvalue weighted by Gasteiger charge is 2.21. The van der Waals surface area contributed by atoms with E-state index >= 15 is 0 Å². The number of nitrogens with zero attached hydrogens (tertiary/aromatic N) is 4. The summed E-state index contributed by atoms with van der Waals surface area (Å²) in [6.45, 7) is 12.9. The second kappa shape index (κ2) is 8.65. The largest absolute Gasteiger partial charge is 0.492 e. The molecule has 3 rings (SSSR count). The molecule has 1 saturated heterocycles. The van der Waals surface area contributed by atoms with E-state index in [-0.39, 0.29) is 5.91 Å². The summed E-state index contributed by atoms with van der Waals surface area (Å²) in [5, 5.41) is 7.21. The number of aromatic nitrogens is 2. The van der Waals surface area contributed by atoms with E-state index in [4.69, 9.17) is 4.74 Å². The van der Waals surface area contributed by atoms with Gasteiger partial charge in [0.25, 0.3) is 5.91 Å². The van der Waals surface area contributed by atoms with Gasteiger partial charge < -0.3 is 15.0 Å². The first kappa shape index (κ1) is 20.2. The number of ether oxygens (including phenoxy) is 1. The maximum atomic E-state index is 12.7. The zero-order valence-corrected chi connectivity index (χ0v) is 17.5. The fraction of sp³-hybridized carbons (Fsp3) is 0.524. The molecule has 2 aromatic rings. The van der Waals surface area contributed by atoms with Crippen LogP contribution in [0.4, 0.5) is 11.4 Å². The Morgan fingerprint density at radius 1 is 1.25 bits per heavy atom. The van der Waals surface area contributed by atoms with Crippen LogP contribution < -0.4 is 15.0 Å². The minimum absolute atomic E-state index is 0.176. The van der Waals surface area contributed by atoms with Gasteiger partial charge in [0.1, 0.15) is 5.75 Å². The molecule has 0 saturated carbocycles. The standard InChI is InChI=1S/C21H31N5O2/c1-6-28-20-13-17(26-11-9-25(10-12-26)15(2)3)7-8-19(20)22-21(27)18-14-24(5)23-16(18)4/h7-8,13-15H,6,9-12H2,1-5H3,(H,22,27). The molecular formula is C21H31N5O2. The van der Waals surface area contributed by atoms with Gasteiger partial charge in [-0.05, 0) is 39.8 Å². The van der Waals surface area contributed by atoms with Crippen molar-refractivity contribution in [1.82, 2.24) is 14.7 Å². The van der Waals surface area contributed by atoms with E-state index in [0.29, 0.717) is 35.3 Å². The van der Waals surface area contributed by atoms with Crippen molar-refractivity contribution in [2.45, 2.75) is 33.7 Å². The molecule has 7 heteroatoms. The molecule has 1 aromatic carbocycles. The number of hydrogen-bond acceptors (Lipinski definition) is 5. The van der Waals surface area contributed by atoms with Crippen molar-refractivity contribution in [2.24, 2.45) is 7.05 Å². The van der Waals surface area contributed by atoms with Crippen LogP contribution in [0.5, 0.6) is 5.75 Å². The monoisotopic (exact) mass is 385 g/mol. The molecule has 7 nitrogen and oxygen atoms in total. The Bertz CT molecular complexity index is 822. The van der Waals surface area contributed by atoms with Crippen LogP contribution in [0.1, 0.15) is 36.8 Å². The molecule has 0 aliphatic carbocycles. The quantitative estimate of drug-likeness (QED) is 0.828. The molecule has 2 heterocycles. The third kappa shape index (κ3) is 4.47. The summed E-state index contributed by atoms with van der Waals surface area (Å²) in [6.07, 6.45) is 1.73. The summed E-state index contributed by atoms with van der Waals surface area (Å²) >= 11 is 0. The van der Waals surface area contributed by atoms with Gasteiger partial charge in [-0.1, -0.05) is 0 Å². The second-order valence-electron chi connectivity index (χ2n) is 7.49. The molecule has 152 valence electrons. The zero-order chi connectivity index (χ0) is 20.3. The molecule has 0 spiro atoms. The SMILES string of the molecule is CCOc1cc(N2CCN(C(C)C)CC2)ccc1NC(=O)c1cn(C)nc1C. The fourth-order valence-electron chi connectivity index (χ4n) is 3.59. The van der Waals surface area contributed by atoms with Crippen molar-refractivity contribution in [1.29, 1.82) is 0 Å². The van der Waals surface area contributed by atoms with E-state index in [2.05, 4.69) is 40.1 Å². The molecule has 0 atom stereocenters. The molecule has 0 unspecified atom stereocenters. The zero-order valence-electron chi connectivity index (χ0n) is 17.5. The first-order valence-corrected chi connectivity index (χ1v) is 9.96.